The van der Waals surface area contributed by atoms with E-state index in [4.69, 9.17) is 0 Å². The van der Waals surface area contributed by atoms with Gasteiger partial charge in [-0.1, -0.05) is 82.3 Å². The van der Waals surface area contributed by atoms with Crippen LogP contribution in [0.25, 0.3) is 33.5 Å². The van der Waals surface area contributed by atoms with Crippen molar-refractivity contribution in [1.29, 1.82) is 0 Å². The molecule has 5 aromatic rings. The van der Waals surface area contributed by atoms with Gasteiger partial charge < -0.3 is 0 Å². The molecule has 0 aliphatic rings. The lowest BCUT2D eigenvalue weighted by Gasteiger charge is -2.21. The fourth-order valence-electron chi connectivity index (χ4n) is 5.60. The molecule has 5 rings (SSSR count). The summed E-state index contributed by atoms with van der Waals surface area (Å²) in [5.41, 5.74) is 13.1. The van der Waals surface area contributed by atoms with Crippen molar-refractivity contribution in [3.63, 3.8) is 0 Å². The summed E-state index contributed by atoms with van der Waals surface area (Å²) in [5, 5.41) is 0. The van der Waals surface area contributed by atoms with E-state index < -0.39 is 0 Å². The van der Waals surface area contributed by atoms with Crippen LogP contribution in [0.15, 0.2) is 84.9 Å². The molecule has 0 bridgehead atoms. The van der Waals surface area contributed by atoms with Crippen LogP contribution in [0, 0.1) is 20.8 Å². The number of benzene rings is 4. The maximum Gasteiger partial charge on any atom is 0.264 e. The van der Waals surface area contributed by atoms with E-state index in [0.29, 0.717) is 11.8 Å². The standard InChI is InChI=1S/C34H37N2/c1-22(2)29-16-13-17-30(23(3)4)34(29)27-20-24(5)25(6)33(21-27)36-26(7)35(28-14-9-8-10-15-28)31-18-11-12-19-32(31)36/h8-23H,1-7H3/q+1. The first-order chi connectivity index (χ1) is 17.3. The van der Waals surface area contributed by atoms with Gasteiger partial charge >= 0.3 is 0 Å². The molecule has 0 aliphatic heterocycles. The molecule has 4 aromatic carbocycles. The maximum absolute atomic E-state index is 2.45. The molecule has 36 heavy (non-hydrogen) atoms. The second-order valence-corrected chi connectivity index (χ2v) is 10.6. The molecule has 0 spiro atoms. The van der Waals surface area contributed by atoms with Crippen molar-refractivity contribution in [2.45, 2.75) is 60.3 Å². The van der Waals surface area contributed by atoms with Gasteiger partial charge in [0.2, 0.25) is 0 Å². The van der Waals surface area contributed by atoms with Crippen molar-refractivity contribution in [2.75, 3.05) is 0 Å². The smallest absolute Gasteiger partial charge is 0.192 e. The van der Waals surface area contributed by atoms with E-state index in [-0.39, 0.29) is 0 Å². The summed E-state index contributed by atoms with van der Waals surface area (Å²) in [6, 6.07) is 31.1. The molecule has 0 fully saturated rings. The summed E-state index contributed by atoms with van der Waals surface area (Å²) in [6.07, 6.45) is 0. The molecule has 0 atom stereocenters. The second kappa shape index (κ2) is 9.43. The molecule has 0 saturated heterocycles. The minimum absolute atomic E-state index is 0.457. The molecule has 0 saturated carbocycles. The quantitative estimate of drug-likeness (QED) is 0.226. The molecule has 0 unspecified atom stereocenters. The maximum atomic E-state index is 2.45. The van der Waals surface area contributed by atoms with Gasteiger partial charge in [-0.3, -0.25) is 0 Å². The average molecular weight is 474 g/mol. The van der Waals surface area contributed by atoms with Crippen LogP contribution in [-0.2, 0) is 0 Å². The third-order valence-corrected chi connectivity index (χ3v) is 7.57. The molecule has 1 aromatic heterocycles. The van der Waals surface area contributed by atoms with E-state index in [0.717, 1.165) is 0 Å². The summed E-state index contributed by atoms with van der Waals surface area (Å²) < 4.78 is 4.82. The Balaban J connectivity index is 1.84. The number of aryl methyl sites for hydroxylation is 1. The Labute approximate surface area is 215 Å². The Morgan fingerprint density at radius 1 is 0.667 bits per heavy atom. The first-order valence-corrected chi connectivity index (χ1v) is 13.1. The summed E-state index contributed by atoms with van der Waals surface area (Å²) in [4.78, 5) is 0. The van der Waals surface area contributed by atoms with E-state index in [2.05, 4.69) is 143 Å². The number of hydrogen-bond acceptors (Lipinski definition) is 0. The number of aromatic nitrogens is 2. The van der Waals surface area contributed by atoms with Crippen LogP contribution in [0.2, 0.25) is 0 Å². The highest BCUT2D eigenvalue weighted by Crippen LogP contribution is 2.38. The Morgan fingerprint density at radius 2 is 1.28 bits per heavy atom. The van der Waals surface area contributed by atoms with Gasteiger partial charge in [0, 0.05) is 6.92 Å². The number of fused-ring (bicyclic) bond motifs is 1. The van der Waals surface area contributed by atoms with E-state index in [9.17, 15) is 0 Å². The fourth-order valence-corrected chi connectivity index (χ4v) is 5.60. The monoisotopic (exact) mass is 473 g/mol. The highest BCUT2D eigenvalue weighted by molar-refractivity contribution is 5.78. The van der Waals surface area contributed by atoms with Gasteiger partial charge in [0.05, 0.1) is 0 Å². The van der Waals surface area contributed by atoms with Crippen molar-refractivity contribution in [3.05, 3.63) is 113 Å². The zero-order valence-corrected chi connectivity index (χ0v) is 22.6. The first kappa shape index (κ1) is 24.1. The third-order valence-electron chi connectivity index (χ3n) is 7.57. The van der Waals surface area contributed by atoms with Crippen molar-refractivity contribution < 1.29 is 4.57 Å². The number of rotatable bonds is 5. The lowest BCUT2D eigenvalue weighted by molar-refractivity contribution is -0.575. The molecule has 1 heterocycles. The summed E-state index contributed by atoms with van der Waals surface area (Å²) in [6.45, 7) is 16.0. The van der Waals surface area contributed by atoms with Crippen LogP contribution < -0.4 is 4.57 Å². The normalized spacial score (nSPS) is 11.7. The van der Waals surface area contributed by atoms with E-state index in [1.54, 1.807) is 0 Å². The van der Waals surface area contributed by atoms with Crippen LogP contribution in [0.5, 0.6) is 0 Å². The van der Waals surface area contributed by atoms with Crippen molar-refractivity contribution in [2.24, 2.45) is 0 Å². The number of nitrogens with zero attached hydrogens (tertiary/aromatic N) is 2. The Hall–Kier alpha value is -3.65. The molecule has 0 amide bonds. The number of hydrogen-bond donors (Lipinski definition) is 0. The third kappa shape index (κ3) is 3.95. The van der Waals surface area contributed by atoms with Gasteiger partial charge in [-0.2, -0.15) is 9.13 Å². The Bertz CT molecular complexity index is 1530. The van der Waals surface area contributed by atoms with E-state index in [1.165, 1.54) is 61.6 Å². The number of para-hydroxylation sites is 3. The first-order valence-electron chi connectivity index (χ1n) is 13.1. The van der Waals surface area contributed by atoms with Crippen LogP contribution in [0.1, 0.15) is 67.6 Å². The summed E-state index contributed by atoms with van der Waals surface area (Å²) >= 11 is 0. The summed E-state index contributed by atoms with van der Waals surface area (Å²) in [5.74, 6) is 2.11. The molecule has 0 aliphatic carbocycles. The van der Waals surface area contributed by atoms with Gasteiger partial charge in [-0.05, 0) is 89.4 Å². The lowest BCUT2D eigenvalue weighted by atomic mass is 9.84. The zero-order valence-electron chi connectivity index (χ0n) is 22.6. The molecule has 0 N–H and O–H groups in total. The SMILES string of the molecule is Cc1cc(-c2c(C(C)C)cccc2C(C)C)cc(-[n+]2c(C)n(-c3ccccc3)c3ccccc32)c1C. The zero-order chi connectivity index (χ0) is 25.6. The Morgan fingerprint density at radius 3 is 1.92 bits per heavy atom. The van der Waals surface area contributed by atoms with Crippen molar-refractivity contribution in [3.8, 4) is 22.5 Å². The van der Waals surface area contributed by atoms with Crippen LogP contribution in [-0.4, -0.2) is 4.57 Å². The molecular weight excluding hydrogens is 436 g/mol. The van der Waals surface area contributed by atoms with Crippen LogP contribution >= 0.6 is 0 Å². The van der Waals surface area contributed by atoms with Gasteiger partial charge in [0.25, 0.3) is 5.82 Å². The van der Waals surface area contributed by atoms with E-state index in [1.807, 2.05) is 0 Å². The molecule has 182 valence electrons. The summed E-state index contributed by atoms with van der Waals surface area (Å²) in [7, 11) is 0. The minimum atomic E-state index is 0.457. The minimum Gasteiger partial charge on any atom is -0.192 e. The van der Waals surface area contributed by atoms with Gasteiger partial charge in [-0.15, -0.1) is 0 Å². The predicted molar refractivity (Wildman–Crippen MR) is 153 cm³/mol. The second-order valence-electron chi connectivity index (χ2n) is 10.6. The van der Waals surface area contributed by atoms with Gasteiger partial charge in [-0.25, -0.2) is 0 Å². The highest BCUT2D eigenvalue weighted by atomic mass is 15.2. The van der Waals surface area contributed by atoms with Gasteiger partial charge in [0.15, 0.2) is 11.0 Å². The predicted octanol–water partition coefficient (Wildman–Crippen LogP) is 8.75. The molecular formula is C34H37N2+. The largest absolute Gasteiger partial charge is 0.264 e. The van der Waals surface area contributed by atoms with Gasteiger partial charge in [0.1, 0.15) is 11.4 Å². The lowest BCUT2D eigenvalue weighted by Crippen LogP contribution is -2.34. The average Bonchev–Trinajstić information content (AvgIpc) is 3.17. The topological polar surface area (TPSA) is 8.81 Å². The van der Waals surface area contributed by atoms with Crippen LogP contribution in [0.4, 0.5) is 0 Å². The molecule has 0 radical (unpaired) electrons. The number of imidazole rings is 1. The van der Waals surface area contributed by atoms with Crippen molar-refractivity contribution >= 4 is 11.0 Å². The highest BCUT2D eigenvalue weighted by Gasteiger charge is 2.27. The van der Waals surface area contributed by atoms with Crippen LogP contribution in [0.3, 0.4) is 0 Å². The molecule has 2 heteroatoms. The Kier molecular flexibility index (Phi) is 6.30. The van der Waals surface area contributed by atoms with Crippen molar-refractivity contribution in [1.82, 2.24) is 4.57 Å². The fraction of sp³-hybridized carbons (Fsp3) is 0.265. The van der Waals surface area contributed by atoms with E-state index >= 15 is 0 Å². The molecule has 2 nitrogen and oxygen atoms in total.